The van der Waals surface area contributed by atoms with Crippen molar-refractivity contribution in [1.29, 1.82) is 0 Å². The topological polar surface area (TPSA) is 54.3 Å². The molecule has 0 fully saturated rings. The van der Waals surface area contributed by atoms with Gasteiger partial charge in [0.25, 0.3) is 5.91 Å². The second kappa shape index (κ2) is 8.37. The summed E-state index contributed by atoms with van der Waals surface area (Å²) in [5, 5.41) is 5.61. The molecule has 27 heavy (non-hydrogen) atoms. The van der Waals surface area contributed by atoms with Crippen molar-refractivity contribution in [3.8, 4) is 0 Å². The van der Waals surface area contributed by atoms with E-state index in [9.17, 15) is 4.79 Å². The van der Waals surface area contributed by atoms with E-state index in [0.29, 0.717) is 22.4 Å². The molecule has 3 aromatic rings. The minimum absolute atomic E-state index is 0.129. The lowest BCUT2D eigenvalue weighted by molar-refractivity contribution is 0.0977. The molecule has 0 saturated carbocycles. The fourth-order valence-corrected chi connectivity index (χ4v) is 4.32. The molecule has 0 radical (unpaired) electrons. The molecule has 1 aromatic carbocycles. The molecule has 3 rings (SSSR count). The molecule has 1 amide bonds. The summed E-state index contributed by atoms with van der Waals surface area (Å²) < 4.78 is 2.64. The van der Waals surface area contributed by atoms with Gasteiger partial charge in [-0.25, -0.2) is 4.98 Å². The molecular weight excluding hydrogens is 382 g/mol. The van der Waals surface area contributed by atoms with Gasteiger partial charge in [0.15, 0.2) is 10.8 Å². The molecule has 6 nitrogen and oxygen atoms in total. The molecule has 0 aliphatic heterocycles. The highest BCUT2D eigenvalue weighted by atomic mass is 35.5. The Hall–Kier alpha value is -1.96. The fourth-order valence-electron chi connectivity index (χ4n) is 3.03. The average Bonchev–Trinajstić information content (AvgIpc) is 3.22. The lowest BCUT2D eigenvalue weighted by Gasteiger charge is -2.24. The van der Waals surface area contributed by atoms with Crippen LogP contribution in [0.25, 0.3) is 10.2 Å². The van der Waals surface area contributed by atoms with Gasteiger partial charge in [0.1, 0.15) is 5.52 Å². The van der Waals surface area contributed by atoms with E-state index in [2.05, 4.69) is 28.8 Å². The molecule has 0 atom stereocenters. The Morgan fingerprint density at radius 3 is 2.59 bits per heavy atom. The number of hydrogen-bond acceptors (Lipinski definition) is 5. The summed E-state index contributed by atoms with van der Waals surface area (Å²) in [6, 6.07) is 5.69. The Morgan fingerprint density at radius 2 is 2.00 bits per heavy atom. The standard InChI is InChI=1S/C19H24ClN5OS/c1-5-24(6-2)10-11-25(18(26)16-13(3)12-23(4)22-16)19-21-17-14(20)8-7-9-15(17)27-19/h7-9,12H,5-6,10-11H2,1-4H3. The van der Waals surface area contributed by atoms with Crippen molar-refractivity contribution in [3.63, 3.8) is 0 Å². The van der Waals surface area contributed by atoms with Crippen LogP contribution >= 0.6 is 22.9 Å². The van der Waals surface area contributed by atoms with Crippen molar-refractivity contribution in [1.82, 2.24) is 19.7 Å². The van der Waals surface area contributed by atoms with E-state index in [4.69, 9.17) is 11.6 Å². The van der Waals surface area contributed by atoms with E-state index in [1.807, 2.05) is 38.4 Å². The first-order chi connectivity index (χ1) is 12.9. The summed E-state index contributed by atoms with van der Waals surface area (Å²) in [5.41, 5.74) is 2.05. The van der Waals surface area contributed by atoms with Crippen molar-refractivity contribution in [2.75, 3.05) is 31.1 Å². The number of nitrogens with zero attached hydrogens (tertiary/aromatic N) is 5. The number of anilines is 1. The molecule has 0 N–H and O–H groups in total. The monoisotopic (exact) mass is 405 g/mol. The van der Waals surface area contributed by atoms with E-state index < -0.39 is 0 Å². The summed E-state index contributed by atoms with van der Waals surface area (Å²) in [7, 11) is 1.82. The van der Waals surface area contributed by atoms with Gasteiger partial charge < -0.3 is 4.90 Å². The number of benzene rings is 1. The largest absolute Gasteiger partial charge is 0.302 e. The number of carbonyl (C=O) groups excluding carboxylic acids is 1. The molecule has 0 aliphatic carbocycles. The minimum Gasteiger partial charge on any atom is -0.302 e. The van der Waals surface area contributed by atoms with Crippen LogP contribution in [0.4, 0.5) is 5.13 Å². The van der Waals surface area contributed by atoms with Crippen molar-refractivity contribution in [2.45, 2.75) is 20.8 Å². The number of rotatable bonds is 7. The number of likely N-dealkylation sites (N-methyl/N-ethyl adjacent to an activating group) is 1. The molecule has 0 bridgehead atoms. The van der Waals surface area contributed by atoms with Gasteiger partial charge >= 0.3 is 0 Å². The maximum atomic E-state index is 13.3. The molecule has 0 aliphatic rings. The van der Waals surface area contributed by atoms with E-state index in [-0.39, 0.29) is 5.91 Å². The highest BCUT2D eigenvalue weighted by Crippen LogP contribution is 2.33. The van der Waals surface area contributed by atoms with Gasteiger partial charge in [-0.3, -0.25) is 14.4 Å². The normalized spacial score (nSPS) is 11.5. The van der Waals surface area contributed by atoms with Gasteiger partial charge in [0, 0.05) is 31.9 Å². The number of aryl methyl sites for hydroxylation is 2. The van der Waals surface area contributed by atoms with Crippen molar-refractivity contribution in [2.24, 2.45) is 7.05 Å². The zero-order valence-electron chi connectivity index (χ0n) is 16.1. The lowest BCUT2D eigenvalue weighted by Crippen LogP contribution is -2.39. The second-order valence-electron chi connectivity index (χ2n) is 6.40. The number of aromatic nitrogens is 3. The molecule has 2 heterocycles. The van der Waals surface area contributed by atoms with Crippen LogP contribution in [0.5, 0.6) is 0 Å². The average molecular weight is 406 g/mol. The third-order valence-electron chi connectivity index (χ3n) is 4.58. The van der Waals surface area contributed by atoms with Crippen LogP contribution in [0.3, 0.4) is 0 Å². The number of amides is 1. The maximum Gasteiger partial charge on any atom is 0.280 e. The van der Waals surface area contributed by atoms with E-state index >= 15 is 0 Å². The predicted octanol–water partition coefficient (Wildman–Crippen LogP) is 3.98. The Morgan fingerprint density at radius 1 is 1.26 bits per heavy atom. The molecule has 0 spiro atoms. The van der Waals surface area contributed by atoms with Gasteiger partial charge in [-0.2, -0.15) is 5.10 Å². The van der Waals surface area contributed by atoms with Crippen molar-refractivity contribution < 1.29 is 4.79 Å². The number of halogens is 1. The van der Waals surface area contributed by atoms with Gasteiger partial charge in [-0.1, -0.05) is 42.9 Å². The van der Waals surface area contributed by atoms with Gasteiger partial charge in [-0.15, -0.1) is 0 Å². The number of fused-ring (bicyclic) bond motifs is 1. The van der Waals surface area contributed by atoms with E-state index in [0.717, 1.165) is 35.4 Å². The van der Waals surface area contributed by atoms with Crippen molar-refractivity contribution in [3.05, 3.63) is 40.7 Å². The SMILES string of the molecule is CCN(CC)CCN(C(=O)c1nn(C)cc1C)c1nc2c(Cl)cccc2s1. The first-order valence-corrected chi connectivity index (χ1v) is 10.2. The number of hydrogen-bond donors (Lipinski definition) is 0. The first-order valence-electron chi connectivity index (χ1n) is 9.04. The summed E-state index contributed by atoms with van der Waals surface area (Å²) >= 11 is 7.77. The number of carbonyl (C=O) groups is 1. The smallest absolute Gasteiger partial charge is 0.280 e. The Balaban J connectivity index is 1.99. The maximum absolute atomic E-state index is 13.3. The van der Waals surface area contributed by atoms with Crippen LogP contribution in [-0.2, 0) is 7.05 Å². The molecule has 0 unspecified atom stereocenters. The first kappa shape index (κ1) is 19.8. The third-order valence-corrected chi connectivity index (χ3v) is 5.93. The zero-order chi connectivity index (χ0) is 19.6. The van der Waals surface area contributed by atoms with E-state index in [1.54, 1.807) is 9.58 Å². The summed E-state index contributed by atoms with van der Waals surface area (Å²) in [4.78, 5) is 22.0. The quantitative estimate of drug-likeness (QED) is 0.596. The Bertz CT molecular complexity index is 947. The summed E-state index contributed by atoms with van der Waals surface area (Å²) in [5.74, 6) is -0.129. The Kier molecular flexibility index (Phi) is 6.14. The van der Waals surface area contributed by atoms with Gasteiger partial charge in [-0.05, 0) is 32.1 Å². The summed E-state index contributed by atoms with van der Waals surface area (Å²) in [6.45, 7) is 9.34. The van der Waals surface area contributed by atoms with Crippen LogP contribution in [-0.4, -0.2) is 51.8 Å². The summed E-state index contributed by atoms with van der Waals surface area (Å²) in [6.07, 6.45) is 1.85. The van der Waals surface area contributed by atoms with Crippen LogP contribution in [0.2, 0.25) is 5.02 Å². The molecule has 2 aromatic heterocycles. The molecular formula is C19H24ClN5OS. The van der Waals surface area contributed by atoms with Crippen LogP contribution in [0, 0.1) is 6.92 Å². The third kappa shape index (κ3) is 4.15. The van der Waals surface area contributed by atoms with Gasteiger partial charge in [0.2, 0.25) is 0 Å². The fraction of sp³-hybridized carbons (Fsp3) is 0.421. The van der Waals surface area contributed by atoms with Crippen molar-refractivity contribution >= 4 is 44.2 Å². The zero-order valence-corrected chi connectivity index (χ0v) is 17.6. The van der Waals surface area contributed by atoms with Crippen LogP contribution < -0.4 is 4.90 Å². The highest BCUT2D eigenvalue weighted by Gasteiger charge is 2.25. The molecule has 144 valence electrons. The Labute approximate surface area is 168 Å². The molecule has 0 saturated heterocycles. The minimum atomic E-state index is -0.129. The lowest BCUT2D eigenvalue weighted by atomic mass is 10.2. The van der Waals surface area contributed by atoms with Crippen LogP contribution in [0.1, 0.15) is 29.9 Å². The van der Waals surface area contributed by atoms with Crippen LogP contribution in [0.15, 0.2) is 24.4 Å². The second-order valence-corrected chi connectivity index (χ2v) is 7.82. The van der Waals surface area contributed by atoms with Gasteiger partial charge in [0.05, 0.1) is 9.72 Å². The van der Waals surface area contributed by atoms with E-state index in [1.165, 1.54) is 11.3 Å². The highest BCUT2D eigenvalue weighted by molar-refractivity contribution is 7.22. The predicted molar refractivity (Wildman–Crippen MR) is 112 cm³/mol. The molecule has 8 heteroatoms. The number of para-hydroxylation sites is 1. The number of thiazole rings is 1.